The van der Waals surface area contributed by atoms with E-state index < -0.39 is 11.7 Å². The molecule has 5 nitrogen and oxygen atoms in total. The standard InChI is InChI=1S/C18H17FNO4P/c1-12-14(9-13-5-3-2-4-6-13)10-15(24-7-8-25-23)18(17(12)19)20-16(22)11-21/h2-6,10-11H,7-9H2,1H3,(H,20,22). The van der Waals surface area contributed by atoms with Gasteiger partial charge in [0.2, 0.25) is 6.29 Å². The van der Waals surface area contributed by atoms with E-state index >= 15 is 0 Å². The molecule has 0 saturated heterocycles. The maximum absolute atomic E-state index is 14.8. The van der Waals surface area contributed by atoms with E-state index in [4.69, 9.17) is 4.74 Å². The summed E-state index contributed by atoms with van der Waals surface area (Å²) in [5, 5.41) is 2.20. The van der Waals surface area contributed by atoms with Crippen molar-refractivity contribution in [2.75, 3.05) is 18.1 Å². The maximum Gasteiger partial charge on any atom is 0.288 e. The van der Waals surface area contributed by atoms with Crippen molar-refractivity contribution in [3.63, 3.8) is 0 Å². The summed E-state index contributed by atoms with van der Waals surface area (Å²) >= 11 is 0. The first-order valence-corrected chi connectivity index (χ1v) is 8.60. The molecular formula is C18H17FNO4P. The van der Waals surface area contributed by atoms with Crippen LogP contribution in [0.3, 0.4) is 0 Å². The Morgan fingerprint density at radius 3 is 2.68 bits per heavy atom. The van der Waals surface area contributed by atoms with Gasteiger partial charge in [-0.15, -0.1) is 0 Å². The molecule has 0 aliphatic heterocycles. The van der Waals surface area contributed by atoms with Crippen molar-refractivity contribution in [2.24, 2.45) is 0 Å². The minimum absolute atomic E-state index is 0.0622. The molecule has 2 aromatic rings. The minimum Gasteiger partial charge on any atom is -0.490 e. The molecule has 0 spiro atoms. The van der Waals surface area contributed by atoms with Crippen LogP contribution in [0.2, 0.25) is 0 Å². The molecule has 0 saturated carbocycles. The number of hydrogen-bond acceptors (Lipinski definition) is 4. The van der Waals surface area contributed by atoms with E-state index in [0.29, 0.717) is 17.5 Å². The van der Waals surface area contributed by atoms with Crippen LogP contribution in [0.4, 0.5) is 10.1 Å². The molecule has 0 radical (unpaired) electrons. The van der Waals surface area contributed by atoms with Gasteiger partial charge in [-0.2, -0.15) is 0 Å². The Kier molecular flexibility index (Phi) is 6.78. The molecule has 0 aliphatic carbocycles. The van der Waals surface area contributed by atoms with Gasteiger partial charge >= 0.3 is 0 Å². The van der Waals surface area contributed by atoms with Gasteiger partial charge in [0.25, 0.3) is 5.91 Å². The van der Waals surface area contributed by atoms with Crippen LogP contribution in [0.1, 0.15) is 16.7 Å². The van der Waals surface area contributed by atoms with E-state index in [1.54, 1.807) is 13.0 Å². The van der Waals surface area contributed by atoms with Gasteiger partial charge in [-0.25, -0.2) is 4.39 Å². The molecular weight excluding hydrogens is 344 g/mol. The molecule has 130 valence electrons. The second-order valence-electron chi connectivity index (χ2n) is 5.32. The van der Waals surface area contributed by atoms with Crippen LogP contribution in [0.15, 0.2) is 36.4 Å². The average molecular weight is 361 g/mol. The maximum atomic E-state index is 14.8. The molecule has 0 fully saturated rings. The summed E-state index contributed by atoms with van der Waals surface area (Å²) in [6.07, 6.45) is 0.777. The third-order valence-corrected chi connectivity index (χ3v) is 3.98. The van der Waals surface area contributed by atoms with E-state index in [0.717, 1.165) is 5.56 Å². The Hall–Kier alpha value is -2.59. The third-order valence-electron chi connectivity index (χ3n) is 3.61. The SMILES string of the molecule is Cc1c(Cc2ccccc2)cc(OCCP=O)c(NC(=O)C=O)c1F. The number of anilines is 1. The van der Waals surface area contributed by atoms with Crippen molar-refractivity contribution in [1.82, 2.24) is 0 Å². The molecule has 0 unspecified atom stereocenters. The zero-order valence-electron chi connectivity index (χ0n) is 13.6. The average Bonchev–Trinajstić information content (AvgIpc) is 2.63. The highest BCUT2D eigenvalue weighted by Crippen LogP contribution is 2.33. The Bertz CT molecular complexity index is 780. The Morgan fingerprint density at radius 2 is 2.04 bits per heavy atom. The highest BCUT2D eigenvalue weighted by atomic mass is 31.1. The zero-order valence-corrected chi connectivity index (χ0v) is 14.5. The number of nitrogens with one attached hydrogen (secondary N) is 1. The lowest BCUT2D eigenvalue weighted by Crippen LogP contribution is -2.16. The predicted molar refractivity (Wildman–Crippen MR) is 93.0 cm³/mol. The molecule has 0 aromatic heterocycles. The lowest BCUT2D eigenvalue weighted by atomic mass is 9.98. The molecule has 2 aromatic carbocycles. The van der Waals surface area contributed by atoms with E-state index in [9.17, 15) is 18.5 Å². The Labute approximate surface area is 146 Å². The van der Waals surface area contributed by atoms with Gasteiger partial charge in [0.1, 0.15) is 11.4 Å². The van der Waals surface area contributed by atoms with E-state index in [1.165, 1.54) is 0 Å². The summed E-state index contributed by atoms with van der Waals surface area (Å²) in [6, 6.07) is 11.2. The normalized spacial score (nSPS) is 10.5. The number of ether oxygens (including phenoxy) is 1. The third kappa shape index (κ3) is 4.94. The smallest absolute Gasteiger partial charge is 0.288 e. The molecule has 25 heavy (non-hydrogen) atoms. The highest BCUT2D eigenvalue weighted by Gasteiger charge is 2.19. The fraction of sp³-hybridized carbons (Fsp3) is 0.222. The van der Waals surface area contributed by atoms with Crippen molar-refractivity contribution >= 4 is 26.3 Å². The van der Waals surface area contributed by atoms with E-state index in [2.05, 4.69) is 5.32 Å². The van der Waals surface area contributed by atoms with E-state index in [-0.39, 0.29) is 39.0 Å². The fourth-order valence-corrected chi connectivity index (χ4v) is 2.52. The van der Waals surface area contributed by atoms with Crippen molar-refractivity contribution in [2.45, 2.75) is 13.3 Å². The topological polar surface area (TPSA) is 72.5 Å². The van der Waals surface area contributed by atoms with Gasteiger partial charge in [0, 0.05) is 0 Å². The van der Waals surface area contributed by atoms with Crippen LogP contribution >= 0.6 is 8.46 Å². The number of carbonyl (C=O) groups excluding carboxylic acids is 2. The number of carbonyl (C=O) groups is 2. The number of hydrogen-bond donors (Lipinski definition) is 1. The van der Waals surface area contributed by atoms with Crippen LogP contribution in [0.25, 0.3) is 0 Å². The van der Waals surface area contributed by atoms with Crippen LogP contribution in [-0.2, 0) is 20.6 Å². The van der Waals surface area contributed by atoms with Crippen LogP contribution in [-0.4, -0.2) is 25.0 Å². The molecule has 0 aliphatic rings. The lowest BCUT2D eigenvalue weighted by Gasteiger charge is -2.17. The monoisotopic (exact) mass is 361 g/mol. The number of halogens is 1. The predicted octanol–water partition coefficient (Wildman–Crippen LogP) is 3.53. The van der Waals surface area contributed by atoms with Crippen molar-refractivity contribution < 1.29 is 23.3 Å². The molecule has 7 heteroatoms. The minimum atomic E-state index is -0.971. The van der Waals surface area contributed by atoms with E-state index in [1.807, 2.05) is 30.3 Å². The van der Waals surface area contributed by atoms with Gasteiger partial charge in [-0.1, -0.05) is 30.3 Å². The van der Waals surface area contributed by atoms with Gasteiger partial charge < -0.3 is 10.1 Å². The summed E-state index contributed by atoms with van der Waals surface area (Å²) in [7, 11) is -0.0965. The largest absolute Gasteiger partial charge is 0.490 e. The zero-order chi connectivity index (χ0) is 18.2. The summed E-state index contributed by atoms with van der Waals surface area (Å²) in [6.45, 7) is 1.69. The second kappa shape index (κ2) is 9.04. The molecule has 2 rings (SSSR count). The molecule has 0 heterocycles. The molecule has 0 bridgehead atoms. The van der Waals surface area contributed by atoms with Gasteiger partial charge in [-0.05, 0) is 36.1 Å². The lowest BCUT2D eigenvalue weighted by molar-refractivity contribution is -0.127. The molecule has 0 atom stereocenters. The van der Waals surface area contributed by atoms with Crippen LogP contribution < -0.4 is 10.1 Å². The first kappa shape index (κ1) is 18.7. The molecule has 1 N–H and O–H groups in total. The summed E-state index contributed by atoms with van der Waals surface area (Å²) in [4.78, 5) is 21.9. The van der Waals surface area contributed by atoms with Crippen LogP contribution in [0, 0.1) is 12.7 Å². The quantitative estimate of drug-likeness (QED) is 0.338. The fourth-order valence-electron chi connectivity index (χ4n) is 2.35. The second-order valence-corrected chi connectivity index (χ2v) is 6.02. The van der Waals surface area contributed by atoms with Gasteiger partial charge in [0.05, 0.1) is 12.8 Å². The first-order chi connectivity index (χ1) is 12.1. The number of benzene rings is 2. The highest BCUT2D eigenvalue weighted by molar-refractivity contribution is 7.23. The van der Waals surface area contributed by atoms with Crippen molar-refractivity contribution in [3.05, 3.63) is 58.9 Å². The number of rotatable bonds is 8. The summed E-state index contributed by atoms with van der Waals surface area (Å²) in [5.41, 5.74) is 1.87. The van der Waals surface area contributed by atoms with Gasteiger partial charge in [-0.3, -0.25) is 14.2 Å². The first-order valence-electron chi connectivity index (χ1n) is 7.60. The Morgan fingerprint density at radius 1 is 1.32 bits per heavy atom. The molecule has 1 amide bonds. The summed E-state index contributed by atoms with van der Waals surface area (Å²) in [5.74, 6) is -1.52. The van der Waals surface area contributed by atoms with Crippen LogP contribution in [0.5, 0.6) is 5.75 Å². The van der Waals surface area contributed by atoms with Crippen molar-refractivity contribution in [1.29, 1.82) is 0 Å². The summed E-state index contributed by atoms with van der Waals surface area (Å²) < 4.78 is 30.8. The Balaban J connectivity index is 2.41. The van der Waals surface area contributed by atoms with Gasteiger partial charge in [0.15, 0.2) is 14.3 Å². The number of aldehydes is 1. The number of amides is 1. The van der Waals surface area contributed by atoms with Crippen molar-refractivity contribution in [3.8, 4) is 5.75 Å².